The summed E-state index contributed by atoms with van der Waals surface area (Å²) in [5, 5.41) is 0.727. The molecule has 3 rings (SSSR count). The topological polar surface area (TPSA) is 85.4 Å². The molecule has 1 aromatic carbocycles. The van der Waals surface area contributed by atoms with Crippen LogP contribution in [-0.4, -0.2) is 64.0 Å². The lowest BCUT2D eigenvalue weighted by molar-refractivity contribution is -0.193. The fourth-order valence-corrected chi connectivity index (χ4v) is 3.62. The van der Waals surface area contributed by atoms with E-state index in [9.17, 15) is 17.6 Å². The van der Waals surface area contributed by atoms with Crippen molar-refractivity contribution in [1.82, 2.24) is 5.06 Å². The second kappa shape index (κ2) is 7.01. The van der Waals surface area contributed by atoms with Gasteiger partial charge in [-0.25, -0.2) is 9.18 Å². The summed E-state index contributed by atoms with van der Waals surface area (Å²) in [5.74, 6) is -0.549. The smallest absolute Gasteiger partial charge is 0.414 e. The van der Waals surface area contributed by atoms with Gasteiger partial charge in [-0.2, -0.15) is 12.7 Å². The molecule has 1 amide bonds. The Bertz CT molecular complexity index is 686. The van der Waals surface area contributed by atoms with Gasteiger partial charge >= 0.3 is 6.09 Å². The molecule has 2 unspecified atom stereocenters. The molecule has 2 fully saturated rings. The number of hydrogen-bond donors (Lipinski definition) is 0. The van der Waals surface area contributed by atoms with Crippen molar-refractivity contribution >= 4 is 21.9 Å². The average Bonchev–Trinajstić information content (AvgIpc) is 2.90. The molecule has 0 bridgehead atoms. The number of amides is 1. The lowest BCUT2D eigenvalue weighted by Gasteiger charge is -2.28. The molecule has 2 heterocycles. The Kier molecular flexibility index (Phi) is 4.99. The van der Waals surface area contributed by atoms with Crippen LogP contribution in [0.1, 0.15) is 0 Å². The van der Waals surface area contributed by atoms with Crippen LogP contribution in [0.5, 0.6) is 0 Å². The van der Waals surface area contributed by atoms with Gasteiger partial charge in [-0.15, -0.1) is 5.06 Å². The van der Waals surface area contributed by atoms with E-state index in [1.807, 2.05) is 0 Å². The van der Waals surface area contributed by atoms with Gasteiger partial charge in [0.2, 0.25) is 0 Å². The van der Waals surface area contributed by atoms with E-state index >= 15 is 0 Å². The third-order valence-electron chi connectivity index (χ3n) is 3.57. The number of halogens is 1. The van der Waals surface area contributed by atoms with Crippen LogP contribution in [0.15, 0.2) is 30.3 Å². The summed E-state index contributed by atoms with van der Waals surface area (Å²) in [5.41, 5.74) is 0.611. The Morgan fingerprint density at radius 1 is 1.29 bits per heavy atom. The molecule has 0 spiro atoms. The van der Waals surface area contributed by atoms with E-state index in [2.05, 4.69) is 0 Å². The predicted octanol–water partition coefficient (Wildman–Crippen LogP) is 0.901. The number of carbonyl (C=O) groups is 1. The second-order valence-electron chi connectivity index (χ2n) is 5.40. The minimum Gasteiger partial charge on any atom is -0.443 e. The summed E-state index contributed by atoms with van der Waals surface area (Å²) < 4.78 is 52.4. The number of ether oxygens (including phenoxy) is 2. The maximum atomic E-state index is 13.6. The monoisotopic (exact) mass is 360 g/mol. The number of morpholine rings is 1. The molecule has 132 valence electrons. The molecular weight excluding hydrogens is 343 g/mol. The molecule has 8 nitrogen and oxygen atoms in total. The van der Waals surface area contributed by atoms with Crippen molar-refractivity contribution in [3.05, 3.63) is 30.3 Å². The first-order chi connectivity index (χ1) is 11.4. The third kappa shape index (κ3) is 4.01. The highest BCUT2D eigenvalue weighted by molar-refractivity contribution is 7.86. The van der Waals surface area contributed by atoms with Crippen LogP contribution >= 0.6 is 0 Å². The SMILES string of the molecule is O=C1OC(CS(=O)(=O)ON2CCOCC2F)CN1c1ccccc1. The van der Waals surface area contributed by atoms with Crippen molar-refractivity contribution in [3.63, 3.8) is 0 Å². The van der Waals surface area contributed by atoms with Gasteiger partial charge in [0, 0.05) is 5.69 Å². The average molecular weight is 360 g/mol. The molecule has 2 aliphatic rings. The molecule has 1 aromatic rings. The molecule has 10 heteroatoms. The van der Waals surface area contributed by atoms with Crippen LogP contribution in [0.25, 0.3) is 0 Å². The minimum absolute atomic E-state index is 0.000984. The van der Waals surface area contributed by atoms with Gasteiger partial charge < -0.3 is 9.47 Å². The lowest BCUT2D eigenvalue weighted by atomic mass is 10.3. The maximum absolute atomic E-state index is 13.6. The predicted molar refractivity (Wildman–Crippen MR) is 81.3 cm³/mol. The number of anilines is 1. The highest BCUT2D eigenvalue weighted by atomic mass is 32.2. The van der Waals surface area contributed by atoms with Crippen molar-refractivity contribution in [2.24, 2.45) is 0 Å². The van der Waals surface area contributed by atoms with E-state index in [0.717, 1.165) is 5.06 Å². The first-order valence-corrected chi connectivity index (χ1v) is 8.96. The lowest BCUT2D eigenvalue weighted by Crippen LogP contribution is -2.45. The van der Waals surface area contributed by atoms with Crippen molar-refractivity contribution in [1.29, 1.82) is 0 Å². The van der Waals surface area contributed by atoms with Gasteiger partial charge in [0.05, 0.1) is 26.3 Å². The van der Waals surface area contributed by atoms with Crippen LogP contribution in [0.4, 0.5) is 14.9 Å². The molecule has 24 heavy (non-hydrogen) atoms. The highest BCUT2D eigenvalue weighted by Gasteiger charge is 2.37. The standard InChI is InChI=1S/C14H17FN2O6S/c15-13-9-21-7-6-17(13)23-24(19,20)10-12-8-16(14(18)22-12)11-4-2-1-3-5-11/h1-5,12-13H,6-10H2. The summed E-state index contributed by atoms with van der Waals surface area (Å²) in [4.78, 5) is 13.2. The Hall–Kier alpha value is -1.75. The van der Waals surface area contributed by atoms with Crippen LogP contribution < -0.4 is 4.90 Å². The zero-order chi connectivity index (χ0) is 17.2. The van der Waals surface area contributed by atoms with Crippen LogP contribution in [-0.2, 0) is 23.9 Å². The fourth-order valence-electron chi connectivity index (χ4n) is 2.47. The summed E-state index contributed by atoms with van der Waals surface area (Å²) in [6.07, 6.45) is -3.17. The second-order valence-corrected chi connectivity index (χ2v) is 7.00. The zero-order valence-corrected chi connectivity index (χ0v) is 13.5. The molecule has 0 aromatic heterocycles. The van der Waals surface area contributed by atoms with E-state index in [-0.39, 0.29) is 26.3 Å². The Morgan fingerprint density at radius 2 is 2.04 bits per heavy atom. The quantitative estimate of drug-likeness (QED) is 0.721. The van der Waals surface area contributed by atoms with E-state index in [0.29, 0.717) is 5.69 Å². The number of hydroxylamine groups is 2. The summed E-state index contributed by atoms with van der Waals surface area (Å²) in [7, 11) is -4.10. The number of benzene rings is 1. The molecule has 2 aliphatic heterocycles. The van der Waals surface area contributed by atoms with E-state index in [1.165, 1.54) is 4.90 Å². The van der Waals surface area contributed by atoms with Gasteiger partial charge in [0.15, 0.2) is 6.30 Å². The fraction of sp³-hybridized carbons (Fsp3) is 0.500. The van der Waals surface area contributed by atoms with Crippen LogP contribution in [0, 0.1) is 0 Å². The first kappa shape index (κ1) is 17.1. The van der Waals surface area contributed by atoms with Gasteiger partial charge in [-0.1, -0.05) is 18.2 Å². The normalized spacial score (nSPS) is 25.7. The zero-order valence-electron chi connectivity index (χ0n) is 12.7. The van der Waals surface area contributed by atoms with Crippen molar-refractivity contribution in [2.75, 3.05) is 37.0 Å². The van der Waals surface area contributed by atoms with Gasteiger partial charge in [-0.3, -0.25) is 4.90 Å². The molecule has 0 radical (unpaired) electrons. The molecular formula is C14H17FN2O6S. The molecule has 0 aliphatic carbocycles. The Balaban J connectivity index is 1.60. The number of nitrogens with zero attached hydrogens (tertiary/aromatic N) is 2. The van der Waals surface area contributed by atoms with E-state index < -0.39 is 34.4 Å². The Morgan fingerprint density at radius 3 is 2.75 bits per heavy atom. The molecule has 2 atom stereocenters. The Labute approximate surface area is 138 Å². The number of rotatable bonds is 5. The van der Waals surface area contributed by atoms with E-state index in [4.69, 9.17) is 13.8 Å². The number of carbonyl (C=O) groups excluding carboxylic acids is 1. The van der Waals surface area contributed by atoms with Gasteiger partial charge in [0.1, 0.15) is 11.9 Å². The van der Waals surface area contributed by atoms with Gasteiger partial charge in [-0.05, 0) is 12.1 Å². The van der Waals surface area contributed by atoms with Crippen LogP contribution in [0.3, 0.4) is 0 Å². The molecule has 0 saturated carbocycles. The molecule has 0 N–H and O–H groups in total. The minimum atomic E-state index is -4.10. The number of alkyl halides is 1. The maximum Gasteiger partial charge on any atom is 0.414 e. The largest absolute Gasteiger partial charge is 0.443 e. The van der Waals surface area contributed by atoms with Gasteiger partial charge in [0.25, 0.3) is 10.1 Å². The highest BCUT2D eigenvalue weighted by Crippen LogP contribution is 2.22. The van der Waals surface area contributed by atoms with E-state index in [1.54, 1.807) is 30.3 Å². The summed E-state index contributed by atoms with van der Waals surface area (Å²) in [6.45, 7) is 0.000448. The third-order valence-corrected chi connectivity index (χ3v) is 4.76. The van der Waals surface area contributed by atoms with Crippen molar-refractivity contribution in [2.45, 2.75) is 12.4 Å². The van der Waals surface area contributed by atoms with Crippen LogP contribution in [0.2, 0.25) is 0 Å². The van der Waals surface area contributed by atoms with Crippen molar-refractivity contribution in [3.8, 4) is 0 Å². The first-order valence-electron chi connectivity index (χ1n) is 7.38. The van der Waals surface area contributed by atoms with Crippen molar-refractivity contribution < 1.29 is 31.4 Å². The summed E-state index contributed by atoms with van der Waals surface area (Å²) >= 11 is 0. The number of para-hydroxylation sites is 1. The number of hydrogen-bond acceptors (Lipinski definition) is 7. The molecule has 2 saturated heterocycles. The summed E-state index contributed by atoms with van der Waals surface area (Å²) in [6, 6.07) is 8.76. The number of cyclic esters (lactones) is 1.